The number of carbonyl (C=O) groups excluding carboxylic acids is 1. The molecule has 2 aromatic carbocycles. The minimum absolute atomic E-state index is 0.209. The van der Waals surface area contributed by atoms with Crippen LogP contribution in [-0.2, 0) is 4.79 Å². The molecule has 0 atom stereocenters. The SMILES string of the molecule is O=C(O)COc1ccccc1/C=N/NC(=O)c1ccc(Cl)cc1Cl. The fourth-order valence-electron chi connectivity index (χ4n) is 1.75. The second kappa shape index (κ2) is 8.33. The van der Waals surface area contributed by atoms with E-state index in [0.29, 0.717) is 16.3 Å². The van der Waals surface area contributed by atoms with Gasteiger partial charge in [-0.2, -0.15) is 5.10 Å². The number of hydrogen-bond acceptors (Lipinski definition) is 4. The zero-order chi connectivity index (χ0) is 17.5. The lowest BCUT2D eigenvalue weighted by Gasteiger charge is -2.06. The van der Waals surface area contributed by atoms with Crippen LogP contribution in [0.5, 0.6) is 5.75 Å². The van der Waals surface area contributed by atoms with E-state index in [2.05, 4.69) is 10.5 Å². The Balaban J connectivity index is 2.06. The number of hydrogen-bond donors (Lipinski definition) is 2. The molecule has 0 saturated carbocycles. The number of carboxylic acids is 1. The van der Waals surface area contributed by atoms with Crippen LogP contribution in [0.15, 0.2) is 47.6 Å². The average Bonchev–Trinajstić information content (AvgIpc) is 2.53. The Kier molecular flexibility index (Phi) is 6.17. The highest BCUT2D eigenvalue weighted by atomic mass is 35.5. The number of amides is 1. The zero-order valence-corrected chi connectivity index (χ0v) is 13.7. The molecule has 0 saturated heterocycles. The van der Waals surface area contributed by atoms with Gasteiger partial charge in [-0.15, -0.1) is 0 Å². The molecule has 0 aliphatic heterocycles. The van der Waals surface area contributed by atoms with Crippen LogP contribution in [0.4, 0.5) is 0 Å². The summed E-state index contributed by atoms with van der Waals surface area (Å²) < 4.78 is 5.13. The maximum absolute atomic E-state index is 12.0. The highest BCUT2D eigenvalue weighted by Crippen LogP contribution is 2.21. The number of benzene rings is 2. The standard InChI is InChI=1S/C16H12Cl2N2O4/c17-11-5-6-12(13(18)7-11)16(23)20-19-8-10-3-1-2-4-14(10)24-9-15(21)22/h1-8H,9H2,(H,20,23)(H,21,22)/b19-8+. The molecule has 0 bridgehead atoms. The average molecular weight is 367 g/mol. The molecule has 0 aliphatic carbocycles. The Bertz CT molecular complexity index is 793. The van der Waals surface area contributed by atoms with E-state index in [-0.39, 0.29) is 10.6 Å². The first kappa shape index (κ1) is 17.8. The Hall–Kier alpha value is -2.57. The fraction of sp³-hybridized carbons (Fsp3) is 0.0625. The first-order valence-corrected chi connectivity index (χ1v) is 7.45. The van der Waals surface area contributed by atoms with Crippen molar-refractivity contribution in [2.45, 2.75) is 0 Å². The van der Waals surface area contributed by atoms with Gasteiger partial charge < -0.3 is 9.84 Å². The lowest BCUT2D eigenvalue weighted by atomic mass is 10.2. The molecule has 2 N–H and O–H groups in total. The van der Waals surface area contributed by atoms with Gasteiger partial charge in [0.15, 0.2) is 6.61 Å². The highest BCUT2D eigenvalue weighted by Gasteiger charge is 2.10. The molecule has 8 heteroatoms. The Morgan fingerprint density at radius 2 is 1.96 bits per heavy atom. The van der Waals surface area contributed by atoms with E-state index in [1.54, 1.807) is 30.3 Å². The second-order valence-electron chi connectivity index (χ2n) is 4.54. The van der Waals surface area contributed by atoms with Crippen molar-refractivity contribution in [3.63, 3.8) is 0 Å². The summed E-state index contributed by atoms with van der Waals surface area (Å²) in [5.74, 6) is -1.26. The van der Waals surface area contributed by atoms with E-state index in [0.717, 1.165) is 0 Å². The van der Waals surface area contributed by atoms with Crippen LogP contribution in [0.3, 0.4) is 0 Å². The van der Waals surface area contributed by atoms with Gasteiger partial charge >= 0.3 is 5.97 Å². The van der Waals surface area contributed by atoms with Crippen LogP contribution in [0, 0.1) is 0 Å². The lowest BCUT2D eigenvalue weighted by molar-refractivity contribution is -0.139. The predicted molar refractivity (Wildman–Crippen MR) is 91.1 cm³/mol. The molecule has 0 radical (unpaired) electrons. The van der Waals surface area contributed by atoms with Crippen LogP contribution >= 0.6 is 23.2 Å². The largest absolute Gasteiger partial charge is 0.481 e. The summed E-state index contributed by atoms with van der Waals surface area (Å²) in [7, 11) is 0. The molecule has 0 spiro atoms. The summed E-state index contributed by atoms with van der Waals surface area (Å²) in [4.78, 5) is 22.6. The van der Waals surface area contributed by atoms with Gasteiger partial charge in [0.25, 0.3) is 5.91 Å². The van der Waals surface area contributed by atoms with E-state index in [4.69, 9.17) is 33.0 Å². The maximum Gasteiger partial charge on any atom is 0.341 e. The van der Waals surface area contributed by atoms with Crippen molar-refractivity contribution in [3.8, 4) is 5.75 Å². The molecule has 1 amide bonds. The minimum atomic E-state index is -1.09. The molecular formula is C16H12Cl2N2O4. The zero-order valence-electron chi connectivity index (χ0n) is 12.2. The number of hydrazone groups is 1. The minimum Gasteiger partial charge on any atom is -0.481 e. The second-order valence-corrected chi connectivity index (χ2v) is 5.39. The van der Waals surface area contributed by atoms with Crippen molar-refractivity contribution < 1.29 is 19.4 Å². The van der Waals surface area contributed by atoms with Crippen molar-refractivity contribution in [1.82, 2.24) is 5.43 Å². The van der Waals surface area contributed by atoms with Gasteiger partial charge in [-0.05, 0) is 30.3 Å². The van der Waals surface area contributed by atoms with Gasteiger partial charge in [0, 0.05) is 10.6 Å². The van der Waals surface area contributed by atoms with E-state index in [1.807, 2.05) is 0 Å². The van der Waals surface area contributed by atoms with Gasteiger partial charge in [0.2, 0.25) is 0 Å². The third kappa shape index (κ3) is 4.97. The smallest absolute Gasteiger partial charge is 0.341 e. The van der Waals surface area contributed by atoms with E-state index in [9.17, 15) is 9.59 Å². The van der Waals surface area contributed by atoms with Crippen molar-refractivity contribution in [1.29, 1.82) is 0 Å². The first-order valence-electron chi connectivity index (χ1n) is 6.69. The van der Waals surface area contributed by atoms with Crippen molar-refractivity contribution in [2.75, 3.05) is 6.61 Å². The number of aliphatic carboxylic acids is 1. The van der Waals surface area contributed by atoms with Gasteiger partial charge in [0.1, 0.15) is 5.75 Å². The van der Waals surface area contributed by atoms with Gasteiger partial charge in [-0.25, -0.2) is 10.2 Å². The number of halogens is 2. The van der Waals surface area contributed by atoms with Crippen LogP contribution < -0.4 is 10.2 Å². The molecule has 0 aliphatic rings. The quantitative estimate of drug-likeness (QED) is 0.606. The Morgan fingerprint density at radius 3 is 2.67 bits per heavy atom. The summed E-state index contributed by atoms with van der Waals surface area (Å²) in [5, 5.41) is 13.1. The fourth-order valence-corrected chi connectivity index (χ4v) is 2.25. The number of para-hydroxylation sites is 1. The first-order chi connectivity index (χ1) is 11.5. The van der Waals surface area contributed by atoms with E-state index in [1.165, 1.54) is 18.3 Å². The molecule has 0 unspecified atom stereocenters. The van der Waals surface area contributed by atoms with Crippen LogP contribution in [-0.4, -0.2) is 29.8 Å². The maximum atomic E-state index is 12.0. The number of nitrogens with one attached hydrogen (secondary N) is 1. The van der Waals surface area contributed by atoms with Crippen molar-refractivity contribution in [3.05, 3.63) is 63.6 Å². The lowest BCUT2D eigenvalue weighted by Crippen LogP contribution is -2.18. The molecule has 0 aromatic heterocycles. The van der Waals surface area contributed by atoms with Crippen LogP contribution in [0.1, 0.15) is 15.9 Å². The molecule has 124 valence electrons. The summed E-state index contributed by atoms with van der Waals surface area (Å²) in [5.41, 5.74) is 3.08. The third-order valence-corrected chi connectivity index (χ3v) is 3.36. The summed E-state index contributed by atoms with van der Waals surface area (Å²) in [6.07, 6.45) is 1.35. The molecule has 0 heterocycles. The van der Waals surface area contributed by atoms with Gasteiger partial charge in [-0.3, -0.25) is 4.79 Å². The summed E-state index contributed by atoms with van der Waals surface area (Å²) in [6.45, 7) is -0.475. The number of carbonyl (C=O) groups is 2. The Labute approximate surface area is 147 Å². The van der Waals surface area contributed by atoms with Crippen molar-refractivity contribution >= 4 is 41.3 Å². The highest BCUT2D eigenvalue weighted by molar-refractivity contribution is 6.36. The molecule has 2 rings (SSSR count). The van der Waals surface area contributed by atoms with E-state index < -0.39 is 18.5 Å². The number of ether oxygens (including phenoxy) is 1. The normalized spacial score (nSPS) is 10.6. The number of nitrogens with zero attached hydrogens (tertiary/aromatic N) is 1. The number of rotatable bonds is 6. The van der Waals surface area contributed by atoms with Crippen LogP contribution in [0.2, 0.25) is 10.0 Å². The molecule has 24 heavy (non-hydrogen) atoms. The monoisotopic (exact) mass is 366 g/mol. The Morgan fingerprint density at radius 1 is 1.21 bits per heavy atom. The third-order valence-electron chi connectivity index (χ3n) is 2.82. The number of carboxylic acid groups (broad SMARTS) is 1. The summed E-state index contributed by atoms with van der Waals surface area (Å²) in [6, 6.07) is 11.2. The molecule has 2 aromatic rings. The van der Waals surface area contributed by atoms with Gasteiger partial charge in [-0.1, -0.05) is 35.3 Å². The van der Waals surface area contributed by atoms with Crippen molar-refractivity contribution in [2.24, 2.45) is 5.10 Å². The summed E-state index contributed by atoms with van der Waals surface area (Å²) >= 11 is 11.7. The predicted octanol–water partition coefficient (Wildman–Crippen LogP) is 3.22. The molecule has 6 nitrogen and oxygen atoms in total. The van der Waals surface area contributed by atoms with E-state index >= 15 is 0 Å². The van der Waals surface area contributed by atoms with Crippen LogP contribution in [0.25, 0.3) is 0 Å². The molecular weight excluding hydrogens is 355 g/mol. The van der Waals surface area contributed by atoms with Gasteiger partial charge in [0.05, 0.1) is 16.8 Å². The topological polar surface area (TPSA) is 88.0 Å². The molecule has 0 fully saturated rings.